The molecule has 44 valence electrons. The van der Waals surface area contributed by atoms with Crippen LogP contribution in [0, 0.1) is 5.92 Å². The van der Waals surface area contributed by atoms with E-state index in [0.717, 1.165) is 5.92 Å². The average Bonchev–Trinajstić information content (AvgIpc) is 1.64. The first-order valence-corrected chi connectivity index (χ1v) is 3.54. The van der Waals surface area contributed by atoms with Crippen LogP contribution in [0.5, 0.6) is 0 Å². The Morgan fingerprint density at radius 3 is 2.50 bits per heavy atom. The topological polar surface area (TPSA) is 0 Å². The maximum absolute atomic E-state index is 5.73. The van der Waals surface area contributed by atoms with E-state index in [1.54, 1.807) is 0 Å². The lowest BCUT2D eigenvalue weighted by molar-refractivity contribution is 0.386. The van der Waals surface area contributed by atoms with Gasteiger partial charge in [-0.2, -0.15) is 0 Å². The van der Waals surface area contributed by atoms with Gasteiger partial charge in [0.2, 0.25) is 0 Å². The normalized spacial score (nSPS) is 39.6. The molecule has 1 saturated carbocycles. The second-order valence-corrected chi connectivity index (χ2v) is 3.03. The van der Waals surface area contributed by atoms with Crippen molar-refractivity contribution >= 4 is 7.85 Å². The van der Waals surface area contributed by atoms with Crippen molar-refractivity contribution in [3.05, 3.63) is 0 Å². The molecule has 0 amide bonds. The molecule has 1 aliphatic carbocycles. The molecule has 0 heterocycles. The van der Waals surface area contributed by atoms with Gasteiger partial charge in [-0.15, -0.1) is 0 Å². The van der Waals surface area contributed by atoms with Crippen LogP contribution < -0.4 is 0 Å². The van der Waals surface area contributed by atoms with Gasteiger partial charge in [0.15, 0.2) is 0 Å². The van der Waals surface area contributed by atoms with Crippen LogP contribution in [0.25, 0.3) is 0 Å². The quantitative estimate of drug-likeness (QED) is 0.417. The van der Waals surface area contributed by atoms with E-state index in [0.29, 0.717) is 5.82 Å². The molecule has 2 atom stereocenters. The summed E-state index contributed by atoms with van der Waals surface area (Å²) in [6, 6.07) is 0. The molecule has 1 fully saturated rings. The van der Waals surface area contributed by atoms with Gasteiger partial charge >= 0.3 is 0 Å². The molecule has 0 aromatic rings. The van der Waals surface area contributed by atoms with Crippen LogP contribution in [-0.2, 0) is 0 Å². The Morgan fingerprint density at radius 2 is 2.12 bits per heavy atom. The van der Waals surface area contributed by atoms with Gasteiger partial charge in [0.1, 0.15) is 0 Å². The maximum Gasteiger partial charge on any atom is 0.0699 e. The first-order chi connectivity index (χ1) is 3.79. The van der Waals surface area contributed by atoms with Crippen molar-refractivity contribution in [2.24, 2.45) is 5.92 Å². The molecule has 8 heavy (non-hydrogen) atoms. The first kappa shape index (κ1) is 6.19. The maximum atomic E-state index is 5.73. The van der Waals surface area contributed by atoms with Crippen molar-refractivity contribution in [1.29, 1.82) is 0 Å². The van der Waals surface area contributed by atoms with Crippen molar-refractivity contribution in [2.75, 3.05) is 0 Å². The molecule has 1 heteroatoms. The predicted octanol–water partition coefficient (Wildman–Crippen LogP) is 2.15. The molecule has 0 nitrogen and oxygen atoms in total. The molecule has 0 N–H and O–H groups in total. The highest BCUT2D eigenvalue weighted by Gasteiger charge is 2.13. The zero-order chi connectivity index (χ0) is 5.98. The van der Waals surface area contributed by atoms with Crippen LogP contribution >= 0.6 is 0 Å². The predicted molar refractivity (Wildman–Crippen MR) is 37.1 cm³/mol. The van der Waals surface area contributed by atoms with Gasteiger partial charge in [0.25, 0.3) is 0 Å². The fourth-order valence-electron chi connectivity index (χ4n) is 1.48. The SMILES string of the molecule is [B]C1CCCC(C)C1. The monoisotopic (exact) mass is 108 g/mol. The van der Waals surface area contributed by atoms with E-state index in [1.807, 2.05) is 0 Å². The lowest BCUT2D eigenvalue weighted by atomic mass is 9.72. The van der Waals surface area contributed by atoms with Gasteiger partial charge in [-0.1, -0.05) is 38.4 Å². The minimum Gasteiger partial charge on any atom is -0.0771 e. The number of hydrogen-bond donors (Lipinski definition) is 0. The van der Waals surface area contributed by atoms with E-state index in [2.05, 4.69) is 6.92 Å². The summed E-state index contributed by atoms with van der Waals surface area (Å²) in [6.45, 7) is 2.29. The molecule has 0 aliphatic heterocycles. The third-order valence-electron chi connectivity index (χ3n) is 1.98. The van der Waals surface area contributed by atoms with Gasteiger partial charge in [0, 0.05) is 0 Å². The summed E-state index contributed by atoms with van der Waals surface area (Å²) in [5, 5.41) is 0. The molecular formula is C7H13B. The van der Waals surface area contributed by atoms with Gasteiger partial charge < -0.3 is 0 Å². The smallest absolute Gasteiger partial charge is 0.0699 e. The van der Waals surface area contributed by atoms with Gasteiger partial charge in [-0.05, 0) is 5.92 Å². The molecule has 0 aromatic carbocycles. The van der Waals surface area contributed by atoms with Gasteiger partial charge in [0.05, 0.1) is 7.85 Å². The fraction of sp³-hybridized carbons (Fsp3) is 1.00. The Morgan fingerprint density at radius 1 is 1.38 bits per heavy atom. The molecule has 0 spiro atoms. The second-order valence-electron chi connectivity index (χ2n) is 3.03. The summed E-state index contributed by atoms with van der Waals surface area (Å²) >= 11 is 0. The Kier molecular flexibility index (Phi) is 1.98. The summed E-state index contributed by atoms with van der Waals surface area (Å²) in [5.41, 5.74) is 0. The molecule has 0 bridgehead atoms. The lowest BCUT2D eigenvalue weighted by Crippen LogP contribution is -2.07. The Balaban J connectivity index is 2.23. The Labute approximate surface area is 53.1 Å². The number of rotatable bonds is 0. The molecule has 0 saturated heterocycles. The van der Waals surface area contributed by atoms with Crippen molar-refractivity contribution in [3.8, 4) is 0 Å². The van der Waals surface area contributed by atoms with Gasteiger partial charge in [-0.25, -0.2) is 0 Å². The van der Waals surface area contributed by atoms with Crippen LogP contribution in [-0.4, -0.2) is 7.85 Å². The fourth-order valence-corrected chi connectivity index (χ4v) is 1.48. The van der Waals surface area contributed by atoms with Crippen LogP contribution in [0.15, 0.2) is 0 Å². The van der Waals surface area contributed by atoms with Crippen molar-refractivity contribution in [2.45, 2.75) is 38.4 Å². The molecule has 1 rings (SSSR count). The summed E-state index contributed by atoms with van der Waals surface area (Å²) < 4.78 is 0. The Bertz CT molecular complexity index is 62.8. The standard InChI is InChI=1S/C7H13B/c1-6-3-2-4-7(8)5-6/h6-7H,2-5H2,1H3. The zero-order valence-electron chi connectivity index (χ0n) is 5.56. The molecule has 2 radical (unpaired) electrons. The lowest BCUT2D eigenvalue weighted by Gasteiger charge is -2.23. The van der Waals surface area contributed by atoms with Crippen molar-refractivity contribution < 1.29 is 0 Å². The third kappa shape index (κ3) is 1.54. The van der Waals surface area contributed by atoms with Crippen LogP contribution in [0.1, 0.15) is 32.6 Å². The highest BCUT2D eigenvalue weighted by Crippen LogP contribution is 2.29. The highest BCUT2D eigenvalue weighted by atomic mass is 14.2. The van der Waals surface area contributed by atoms with E-state index in [9.17, 15) is 0 Å². The number of hydrogen-bond acceptors (Lipinski definition) is 0. The highest BCUT2D eigenvalue weighted by molar-refractivity contribution is 6.11. The minimum atomic E-state index is 0.513. The van der Waals surface area contributed by atoms with Crippen LogP contribution in [0.3, 0.4) is 0 Å². The van der Waals surface area contributed by atoms with E-state index in [-0.39, 0.29) is 0 Å². The zero-order valence-corrected chi connectivity index (χ0v) is 5.56. The van der Waals surface area contributed by atoms with Crippen LogP contribution in [0.4, 0.5) is 0 Å². The van der Waals surface area contributed by atoms with E-state index < -0.39 is 0 Å². The molecule has 2 unspecified atom stereocenters. The van der Waals surface area contributed by atoms with Crippen molar-refractivity contribution in [3.63, 3.8) is 0 Å². The summed E-state index contributed by atoms with van der Waals surface area (Å²) in [7, 11) is 5.73. The summed E-state index contributed by atoms with van der Waals surface area (Å²) in [4.78, 5) is 0. The third-order valence-corrected chi connectivity index (χ3v) is 1.98. The van der Waals surface area contributed by atoms with Gasteiger partial charge in [-0.3, -0.25) is 0 Å². The second kappa shape index (κ2) is 2.57. The van der Waals surface area contributed by atoms with Crippen LogP contribution in [0.2, 0.25) is 5.82 Å². The summed E-state index contributed by atoms with van der Waals surface area (Å²) in [6.07, 6.45) is 5.25. The summed E-state index contributed by atoms with van der Waals surface area (Å²) in [5.74, 6) is 1.40. The van der Waals surface area contributed by atoms with E-state index in [4.69, 9.17) is 7.85 Å². The average molecular weight is 108 g/mol. The van der Waals surface area contributed by atoms with E-state index in [1.165, 1.54) is 25.7 Å². The van der Waals surface area contributed by atoms with E-state index >= 15 is 0 Å². The Hall–Kier alpha value is 0.0649. The molecular weight excluding hydrogens is 94.9 g/mol. The molecule has 0 aromatic heterocycles. The first-order valence-electron chi connectivity index (χ1n) is 3.54. The molecule has 1 aliphatic rings. The minimum absolute atomic E-state index is 0.513. The largest absolute Gasteiger partial charge is 0.0771 e. The van der Waals surface area contributed by atoms with Crippen molar-refractivity contribution in [1.82, 2.24) is 0 Å².